The van der Waals surface area contributed by atoms with Crippen LogP contribution in [0.4, 0.5) is 0 Å². The van der Waals surface area contributed by atoms with Crippen LogP contribution in [0, 0.1) is 5.92 Å². The minimum absolute atomic E-state index is 0.0110. The first-order valence-corrected chi connectivity index (χ1v) is 10.9. The molecule has 0 N–H and O–H groups in total. The normalized spacial score (nSPS) is 19.5. The predicted octanol–water partition coefficient (Wildman–Crippen LogP) is 1.62. The maximum Gasteiger partial charge on any atom is 0.241 e. The van der Waals surface area contributed by atoms with Gasteiger partial charge in [-0.25, -0.2) is 0 Å². The second-order valence-corrected chi connectivity index (χ2v) is 8.49. The van der Waals surface area contributed by atoms with Crippen molar-refractivity contribution in [3.63, 3.8) is 0 Å². The first-order chi connectivity index (χ1) is 14.9. The number of likely N-dealkylation sites (tertiary alicyclic amines) is 1. The standard InChI is InChI=1S/C21H25Cl2N3O5/c22-17-4-3-15(10-18(17)23)11-26(14-27)21(30)16-12-24(13-19(16)28)5-1-2-20(29)25-6-8-31-9-7-25/h3-4,10,14,16H,1-2,5-9,11-13H2. The van der Waals surface area contributed by atoms with E-state index in [0.717, 1.165) is 4.90 Å². The molecule has 1 aromatic carbocycles. The molecule has 3 amide bonds. The molecular weight excluding hydrogens is 445 g/mol. The van der Waals surface area contributed by atoms with Gasteiger partial charge in [0.15, 0.2) is 5.78 Å². The van der Waals surface area contributed by atoms with E-state index in [1.807, 2.05) is 4.90 Å². The Labute approximate surface area is 191 Å². The molecule has 1 aromatic rings. The molecule has 2 aliphatic heterocycles. The van der Waals surface area contributed by atoms with Gasteiger partial charge in [0.2, 0.25) is 18.2 Å². The van der Waals surface area contributed by atoms with Gasteiger partial charge in [-0.3, -0.25) is 29.0 Å². The van der Waals surface area contributed by atoms with E-state index in [1.165, 1.54) is 0 Å². The third-order valence-electron chi connectivity index (χ3n) is 5.48. The Bertz CT molecular complexity index is 844. The third-order valence-corrected chi connectivity index (χ3v) is 6.22. The molecule has 2 fully saturated rings. The lowest BCUT2D eigenvalue weighted by atomic mass is 10.1. The van der Waals surface area contributed by atoms with Crippen molar-refractivity contribution in [1.29, 1.82) is 0 Å². The van der Waals surface area contributed by atoms with Crippen LogP contribution < -0.4 is 0 Å². The summed E-state index contributed by atoms with van der Waals surface area (Å²) in [7, 11) is 0. The van der Waals surface area contributed by atoms with Crippen molar-refractivity contribution in [2.24, 2.45) is 5.92 Å². The fraction of sp³-hybridized carbons (Fsp3) is 0.524. The summed E-state index contributed by atoms with van der Waals surface area (Å²) in [5.41, 5.74) is 0.638. The average Bonchev–Trinajstić information content (AvgIpc) is 3.14. The van der Waals surface area contributed by atoms with Crippen LogP contribution in [0.5, 0.6) is 0 Å². The molecule has 0 saturated carbocycles. The lowest BCUT2D eigenvalue weighted by molar-refractivity contribution is -0.144. The number of halogens is 2. The molecule has 0 aliphatic carbocycles. The zero-order valence-electron chi connectivity index (χ0n) is 17.1. The van der Waals surface area contributed by atoms with Gasteiger partial charge in [0, 0.05) is 26.1 Å². The highest BCUT2D eigenvalue weighted by molar-refractivity contribution is 6.42. The number of ether oxygens (including phenoxy) is 1. The number of rotatable bonds is 8. The number of carbonyl (C=O) groups excluding carboxylic acids is 4. The van der Waals surface area contributed by atoms with Crippen LogP contribution in [0.25, 0.3) is 0 Å². The first-order valence-electron chi connectivity index (χ1n) is 10.2. The Morgan fingerprint density at radius 1 is 1.19 bits per heavy atom. The number of carbonyl (C=O) groups is 4. The Morgan fingerprint density at radius 2 is 1.94 bits per heavy atom. The average molecular weight is 470 g/mol. The maximum absolute atomic E-state index is 12.8. The van der Waals surface area contributed by atoms with Crippen molar-refractivity contribution in [2.45, 2.75) is 19.4 Å². The van der Waals surface area contributed by atoms with E-state index < -0.39 is 11.8 Å². The fourth-order valence-electron chi connectivity index (χ4n) is 3.77. The summed E-state index contributed by atoms with van der Waals surface area (Å²) < 4.78 is 5.25. The number of imide groups is 1. The first kappa shape index (κ1) is 23.7. The van der Waals surface area contributed by atoms with Crippen molar-refractivity contribution in [2.75, 3.05) is 45.9 Å². The summed E-state index contributed by atoms with van der Waals surface area (Å²) in [6.45, 7) is 3.28. The molecule has 168 valence electrons. The highest BCUT2D eigenvalue weighted by Gasteiger charge is 2.38. The SMILES string of the molecule is O=CN(Cc1ccc(Cl)c(Cl)c1)C(=O)C1CN(CCCC(=O)N2CCOCC2)CC1=O. The van der Waals surface area contributed by atoms with Gasteiger partial charge in [0.25, 0.3) is 0 Å². The molecule has 10 heteroatoms. The molecule has 3 rings (SSSR count). The van der Waals surface area contributed by atoms with Crippen molar-refractivity contribution in [3.05, 3.63) is 33.8 Å². The highest BCUT2D eigenvalue weighted by Crippen LogP contribution is 2.24. The lowest BCUT2D eigenvalue weighted by Gasteiger charge is -2.27. The van der Waals surface area contributed by atoms with Gasteiger partial charge in [-0.15, -0.1) is 0 Å². The number of hydrogen-bond acceptors (Lipinski definition) is 6. The van der Waals surface area contributed by atoms with Crippen LogP contribution in [0.15, 0.2) is 18.2 Å². The Balaban J connectivity index is 1.49. The van der Waals surface area contributed by atoms with Gasteiger partial charge in [-0.1, -0.05) is 29.3 Å². The van der Waals surface area contributed by atoms with Crippen molar-refractivity contribution < 1.29 is 23.9 Å². The number of ketones is 1. The predicted molar refractivity (Wildman–Crippen MR) is 115 cm³/mol. The van der Waals surface area contributed by atoms with Crippen LogP contribution in [0.2, 0.25) is 10.0 Å². The smallest absolute Gasteiger partial charge is 0.241 e. The molecule has 31 heavy (non-hydrogen) atoms. The van der Waals surface area contributed by atoms with Crippen LogP contribution in [-0.2, 0) is 30.5 Å². The Kier molecular flexibility index (Phi) is 8.43. The second-order valence-electron chi connectivity index (χ2n) is 7.67. The van der Waals surface area contributed by atoms with Crippen LogP contribution in [0.3, 0.4) is 0 Å². The number of amides is 3. The van der Waals surface area contributed by atoms with Gasteiger partial charge in [0.05, 0.1) is 36.3 Å². The van der Waals surface area contributed by atoms with Gasteiger partial charge in [-0.05, 0) is 30.7 Å². The van der Waals surface area contributed by atoms with Crippen molar-refractivity contribution >= 4 is 47.2 Å². The van der Waals surface area contributed by atoms with E-state index in [4.69, 9.17) is 27.9 Å². The second kappa shape index (κ2) is 11.0. The number of benzene rings is 1. The lowest BCUT2D eigenvalue weighted by Crippen LogP contribution is -2.40. The van der Waals surface area contributed by atoms with Crippen LogP contribution in [-0.4, -0.2) is 84.6 Å². The minimum Gasteiger partial charge on any atom is -0.378 e. The molecule has 2 aliphatic rings. The molecule has 0 spiro atoms. The fourth-order valence-corrected chi connectivity index (χ4v) is 4.09. The summed E-state index contributed by atoms with van der Waals surface area (Å²) >= 11 is 11.9. The number of nitrogens with zero attached hydrogens (tertiary/aromatic N) is 3. The molecule has 0 aromatic heterocycles. The summed E-state index contributed by atoms with van der Waals surface area (Å²) in [5, 5.41) is 0.704. The monoisotopic (exact) mass is 469 g/mol. The summed E-state index contributed by atoms with van der Waals surface area (Å²) in [6.07, 6.45) is 1.42. The van der Waals surface area contributed by atoms with E-state index in [2.05, 4.69) is 0 Å². The molecule has 1 atom stereocenters. The van der Waals surface area contributed by atoms with Gasteiger partial charge in [-0.2, -0.15) is 0 Å². The summed E-state index contributed by atoms with van der Waals surface area (Å²) in [6, 6.07) is 4.85. The third kappa shape index (κ3) is 6.26. The zero-order chi connectivity index (χ0) is 22.4. The number of Topliss-reactive ketones (excluding diaryl/α,β-unsaturated/α-hetero) is 1. The quantitative estimate of drug-likeness (QED) is 0.424. The van der Waals surface area contributed by atoms with E-state index in [9.17, 15) is 19.2 Å². The summed E-state index contributed by atoms with van der Waals surface area (Å²) in [4.78, 5) is 53.6. The molecule has 2 heterocycles. The van der Waals surface area contributed by atoms with E-state index in [0.29, 0.717) is 67.7 Å². The molecule has 0 radical (unpaired) electrons. The molecule has 2 saturated heterocycles. The Morgan fingerprint density at radius 3 is 2.61 bits per heavy atom. The molecule has 0 bridgehead atoms. The largest absolute Gasteiger partial charge is 0.378 e. The zero-order valence-corrected chi connectivity index (χ0v) is 18.6. The number of hydrogen-bond donors (Lipinski definition) is 0. The Hall–Kier alpha value is -2.00. The molecular formula is C21H25Cl2N3O5. The van der Waals surface area contributed by atoms with E-state index in [-0.39, 0.29) is 31.3 Å². The maximum atomic E-state index is 12.8. The van der Waals surface area contributed by atoms with Gasteiger partial charge >= 0.3 is 0 Å². The van der Waals surface area contributed by atoms with Crippen molar-refractivity contribution in [3.8, 4) is 0 Å². The molecule has 1 unspecified atom stereocenters. The molecule has 8 nitrogen and oxygen atoms in total. The van der Waals surface area contributed by atoms with E-state index in [1.54, 1.807) is 23.1 Å². The van der Waals surface area contributed by atoms with Gasteiger partial charge < -0.3 is 9.64 Å². The van der Waals surface area contributed by atoms with E-state index >= 15 is 0 Å². The van der Waals surface area contributed by atoms with Crippen molar-refractivity contribution in [1.82, 2.24) is 14.7 Å². The van der Waals surface area contributed by atoms with Crippen LogP contribution in [0.1, 0.15) is 18.4 Å². The van der Waals surface area contributed by atoms with Gasteiger partial charge in [0.1, 0.15) is 5.92 Å². The number of morpholine rings is 1. The van der Waals surface area contributed by atoms with Crippen LogP contribution >= 0.6 is 23.2 Å². The minimum atomic E-state index is -0.886. The summed E-state index contributed by atoms with van der Waals surface area (Å²) in [5.74, 6) is -1.55. The topological polar surface area (TPSA) is 87.2 Å². The highest BCUT2D eigenvalue weighted by atomic mass is 35.5.